The monoisotopic (exact) mass is 545 g/mol. The Morgan fingerprint density at radius 1 is 1.23 bits per heavy atom. The minimum atomic E-state index is -0.279. The van der Waals surface area contributed by atoms with E-state index in [0.29, 0.717) is 30.9 Å². The first-order valence-electron chi connectivity index (χ1n) is 12.7. The lowest BCUT2D eigenvalue weighted by Gasteiger charge is -2.22. The molecule has 0 amide bonds. The van der Waals surface area contributed by atoms with Gasteiger partial charge >= 0.3 is 0 Å². The summed E-state index contributed by atoms with van der Waals surface area (Å²) in [5, 5.41) is 16.0. The van der Waals surface area contributed by atoms with Crippen molar-refractivity contribution in [2.75, 3.05) is 26.1 Å². The van der Waals surface area contributed by atoms with Crippen LogP contribution in [0.4, 0.5) is 11.6 Å². The molecule has 1 saturated heterocycles. The Hall–Kier alpha value is -3.02. The number of hydrogen-bond donors (Lipinski definition) is 2. The molecule has 3 aromatic heterocycles. The molecular weight excluding hydrogens is 498 g/mol. The van der Waals surface area contributed by atoms with Gasteiger partial charge in [0.2, 0.25) is 0 Å². The van der Waals surface area contributed by atoms with Crippen molar-refractivity contribution in [2.24, 2.45) is 0 Å². The number of carbonyl (C=O) groups is 1. The zero-order valence-electron chi connectivity index (χ0n) is 22.8. The number of ether oxygens (including phenoxy) is 3. The highest BCUT2D eigenvalue weighted by Crippen LogP contribution is 2.34. The first-order valence-corrected chi connectivity index (χ1v) is 12.7. The predicted octanol–water partition coefficient (Wildman–Crippen LogP) is 5.17. The van der Waals surface area contributed by atoms with Crippen LogP contribution in [0, 0.1) is 0 Å². The van der Waals surface area contributed by atoms with Gasteiger partial charge in [0.25, 0.3) is 6.47 Å². The average Bonchev–Trinajstić information content (AvgIpc) is 3.25. The minimum Gasteiger partial charge on any atom is -0.462 e. The Kier molecular flexibility index (Phi) is 10.6. The summed E-state index contributed by atoms with van der Waals surface area (Å²) in [7, 11) is 3.68. The average molecular weight is 546 g/mol. The Morgan fingerprint density at radius 2 is 1.95 bits per heavy atom. The van der Waals surface area contributed by atoms with Gasteiger partial charge in [-0.15, -0.1) is 0 Å². The van der Waals surface area contributed by atoms with Crippen molar-refractivity contribution in [3.05, 3.63) is 35.9 Å². The molecule has 1 saturated carbocycles. The summed E-state index contributed by atoms with van der Waals surface area (Å²) in [6.07, 6.45) is 6.20. The van der Waals surface area contributed by atoms with Crippen molar-refractivity contribution in [2.45, 2.75) is 98.1 Å². The number of carbonyl (C=O) groups excluding carboxylic acids is 1. The summed E-state index contributed by atoms with van der Waals surface area (Å²) in [5.41, 5.74) is 2.70. The number of methoxy groups -OCH3 is 1. The van der Waals surface area contributed by atoms with E-state index in [0.717, 1.165) is 22.7 Å². The van der Waals surface area contributed by atoms with Crippen LogP contribution in [0.25, 0.3) is 5.52 Å². The molecule has 0 aromatic carbocycles. The number of fused-ring (bicyclic) bond motifs is 1. The van der Waals surface area contributed by atoms with Crippen LogP contribution in [0.1, 0.15) is 92.3 Å². The summed E-state index contributed by atoms with van der Waals surface area (Å²) >= 11 is 0. The standard InChI is InChI=1S/C21H28N6O4.C5H11N.2CH4/c1-13(29-5)15-9-17-20(22-6-7-26(17)24-15)23-19-10-16(25-27(19)21(2,3)4)18-8-14(11-30-18)31-12-28;1-5(6-2)3-4-5;;/h6-7,9-10,12-14,18H,8,11H2,1-5H3,(H,22,23);6H,3-4H2,1-2H3;2*1H4. The molecule has 4 heterocycles. The van der Waals surface area contributed by atoms with Crippen LogP contribution in [0.3, 0.4) is 0 Å². The molecule has 0 spiro atoms. The summed E-state index contributed by atoms with van der Waals surface area (Å²) in [5.74, 6) is 1.45. The first-order chi connectivity index (χ1) is 17.6. The number of aromatic nitrogens is 5. The molecule has 0 radical (unpaired) electrons. The van der Waals surface area contributed by atoms with Crippen molar-refractivity contribution < 1.29 is 19.0 Å². The van der Waals surface area contributed by atoms with Gasteiger partial charge in [0, 0.05) is 37.5 Å². The van der Waals surface area contributed by atoms with E-state index < -0.39 is 0 Å². The largest absolute Gasteiger partial charge is 0.462 e. The van der Waals surface area contributed by atoms with Crippen LogP contribution >= 0.6 is 0 Å². The summed E-state index contributed by atoms with van der Waals surface area (Å²) in [4.78, 5) is 15.2. The number of hydrogen-bond acceptors (Lipinski definition) is 9. The van der Waals surface area contributed by atoms with E-state index in [1.54, 1.807) is 24.0 Å². The number of anilines is 2. The number of nitrogens with zero attached hydrogens (tertiary/aromatic N) is 5. The van der Waals surface area contributed by atoms with Gasteiger partial charge in [0.1, 0.15) is 23.5 Å². The summed E-state index contributed by atoms with van der Waals surface area (Å²) in [6, 6.07) is 3.92. The molecule has 0 bridgehead atoms. The Labute approximate surface area is 232 Å². The SMILES string of the molecule is C.C.CNC1(C)CC1.COC(C)c1cc2c(Nc3cc(C4CC(OC=O)CO4)nn3C(C)(C)C)nccn2n1. The molecule has 39 heavy (non-hydrogen) atoms. The molecule has 5 rings (SSSR count). The lowest BCUT2D eigenvalue weighted by atomic mass is 10.1. The van der Waals surface area contributed by atoms with E-state index in [1.807, 2.05) is 30.8 Å². The highest BCUT2D eigenvalue weighted by atomic mass is 16.6. The Bertz CT molecular complexity index is 1210. The van der Waals surface area contributed by atoms with Gasteiger partial charge < -0.3 is 24.8 Å². The molecule has 2 fully saturated rings. The smallest absolute Gasteiger partial charge is 0.293 e. The second-order valence-corrected chi connectivity index (χ2v) is 10.9. The van der Waals surface area contributed by atoms with E-state index in [9.17, 15) is 4.79 Å². The summed E-state index contributed by atoms with van der Waals surface area (Å²) in [6.45, 7) is 11.3. The van der Waals surface area contributed by atoms with E-state index >= 15 is 0 Å². The van der Waals surface area contributed by atoms with Gasteiger partial charge in [0.05, 0.1) is 29.6 Å². The lowest BCUT2D eigenvalue weighted by Crippen LogP contribution is -2.25. The van der Waals surface area contributed by atoms with Crippen molar-refractivity contribution >= 4 is 23.6 Å². The van der Waals surface area contributed by atoms with Gasteiger partial charge in [-0.25, -0.2) is 14.2 Å². The number of rotatable bonds is 8. The van der Waals surface area contributed by atoms with Gasteiger partial charge in [-0.3, -0.25) is 4.79 Å². The van der Waals surface area contributed by atoms with Crippen LogP contribution in [0.2, 0.25) is 0 Å². The fourth-order valence-electron chi connectivity index (χ4n) is 4.05. The highest BCUT2D eigenvalue weighted by molar-refractivity contribution is 5.72. The van der Waals surface area contributed by atoms with E-state index in [-0.39, 0.29) is 38.7 Å². The van der Waals surface area contributed by atoms with Crippen molar-refractivity contribution in [1.29, 1.82) is 0 Å². The third-order valence-electron chi connectivity index (χ3n) is 6.93. The van der Waals surface area contributed by atoms with Crippen LogP contribution in [-0.4, -0.2) is 63.3 Å². The zero-order chi connectivity index (χ0) is 26.8. The normalized spacial score (nSPS) is 20.2. The van der Waals surface area contributed by atoms with Crippen LogP contribution in [0.5, 0.6) is 0 Å². The van der Waals surface area contributed by atoms with Gasteiger partial charge in [-0.05, 0) is 60.6 Å². The molecule has 3 unspecified atom stereocenters. The molecule has 1 aliphatic heterocycles. The fourth-order valence-corrected chi connectivity index (χ4v) is 4.05. The fraction of sp³-hybridized carbons (Fsp3) is 0.643. The highest BCUT2D eigenvalue weighted by Gasteiger charge is 2.34. The second-order valence-electron chi connectivity index (χ2n) is 10.9. The maximum Gasteiger partial charge on any atom is 0.293 e. The molecule has 1 aliphatic carbocycles. The predicted molar refractivity (Wildman–Crippen MR) is 153 cm³/mol. The molecule has 2 aliphatic rings. The van der Waals surface area contributed by atoms with Gasteiger partial charge in [-0.1, -0.05) is 14.9 Å². The van der Waals surface area contributed by atoms with Crippen LogP contribution in [0.15, 0.2) is 24.5 Å². The maximum absolute atomic E-state index is 10.6. The van der Waals surface area contributed by atoms with Crippen LogP contribution in [-0.2, 0) is 24.5 Å². The molecule has 11 nitrogen and oxygen atoms in total. The molecule has 2 N–H and O–H groups in total. The molecule has 3 atom stereocenters. The number of nitrogens with one attached hydrogen (secondary N) is 2. The van der Waals surface area contributed by atoms with Gasteiger partial charge in [-0.2, -0.15) is 10.2 Å². The zero-order valence-corrected chi connectivity index (χ0v) is 22.8. The second kappa shape index (κ2) is 12.9. The molecular formula is C28H47N7O4. The maximum atomic E-state index is 10.6. The van der Waals surface area contributed by atoms with E-state index in [4.69, 9.17) is 19.3 Å². The van der Waals surface area contributed by atoms with E-state index in [2.05, 4.69) is 48.4 Å². The first kappa shape index (κ1) is 32.2. The lowest BCUT2D eigenvalue weighted by molar-refractivity contribution is -0.133. The molecule has 3 aromatic rings. The van der Waals surface area contributed by atoms with Crippen molar-refractivity contribution in [3.8, 4) is 0 Å². The Morgan fingerprint density at radius 3 is 2.51 bits per heavy atom. The summed E-state index contributed by atoms with van der Waals surface area (Å²) < 4.78 is 20.0. The van der Waals surface area contributed by atoms with Crippen LogP contribution < -0.4 is 10.6 Å². The van der Waals surface area contributed by atoms with Crippen molar-refractivity contribution in [3.63, 3.8) is 0 Å². The molecule has 11 heteroatoms. The quantitative estimate of drug-likeness (QED) is 0.370. The Balaban J connectivity index is 0.000000591. The third-order valence-corrected chi connectivity index (χ3v) is 6.93. The van der Waals surface area contributed by atoms with Gasteiger partial charge in [0.15, 0.2) is 5.82 Å². The topological polar surface area (TPSA) is 117 Å². The minimum absolute atomic E-state index is 0. The van der Waals surface area contributed by atoms with Crippen molar-refractivity contribution in [1.82, 2.24) is 29.7 Å². The van der Waals surface area contributed by atoms with E-state index in [1.165, 1.54) is 12.8 Å². The third kappa shape index (κ3) is 7.55. The molecule has 218 valence electrons.